The highest BCUT2D eigenvalue weighted by molar-refractivity contribution is 5.98. The van der Waals surface area contributed by atoms with E-state index in [2.05, 4.69) is 0 Å². The molecular weight excluding hydrogens is 482 g/mol. The molecule has 1 aromatic carbocycles. The number of ether oxygens (including phenoxy) is 8. The average molecular weight is 520 g/mol. The summed E-state index contributed by atoms with van der Waals surface area (Å²) >= 11 is 0. The van der Waals surface area contributed by atoms with E-state index in [1.165, 1.54) is 0 Å². The first kappa shape index (κ1) is 25.2. The van der Waals surface area contributed by atoms with Gasteiger partial charge in [0.05, 0.1) is 51.7 Å². The van der Waals surface area contributed by atoms with Crippen molar-refractivity contribution < 1.29 is 42.7 Å². The van der Waals surface area contributed by atoms with E-state index in [1.54, 1.807) is 17.0 Å². The Kier molecular flexibility index (Phi) is 5.75. The summed E-state index contributed by atoms with van der Waals surface area (Å²) in [6.45, 7) is 14.9. The Labute approximate surface area is 217 Å². The number of benzene rings is 1. The monoisotopic (exact) mass is 519 g/mol. The van der Waals surface area contributed by atoms with Crippen LogP contribution in [0.25, 0.3) is 0 Å². The van der Waals surface area contributed by atoms with Gasteiger partial charge in [0.15, 0.2) is 11.5 Å². The first-order valence-corrected chi connectivity index (χ1v) is 12.9. The second-order valence-corrected chi connectivity index (χ2v) is 12.5. The lowest BCUT2D eigenvalue weighted by atomic mass is 10.1. The minimum atomic E-state index is -0.389. The van der Waals surface area contributed by atoms with E-state index in [0.29, 0.717) is 82.1 Å². The van der Waals surface area contributed by atoms with Crippen molar-refractivity contribution in [2.45, 2.75) is 62.6 Å². The zero-order valence-corrected chi connectivity index (χ0v) is 22.3. The molecule has 1 amide bonds. The third-order valence-electron chi connectivity index (χ3n) is 7.41. The molecule has 5 saturated heterocycles. The first-order chi connectivity index (χ1) is 17.4. The summed E-state index contributed by atoms with van der Waals surface area (Å²) < 4.78 is 46.6. The van der Waals surface area contributed by atoms with Crippen LogP contribution in [0.15, 0.2) is 12.1 Å². The normalized spacial score (nSPS) is 38.5. The Balaban J connectivity index is 1.33. The lowest BCUT2D eigenvalue weighted by Crippen LogP contribution is -2.43. The molecule has 6 rings (SSSR count). The molecular formula is C27H37NO9. The number of nitrogens with zero attached hydrogens (tertiary/aromatic N) is 1. The fraction of sp³-hybridized carbons (Fsp3) is 0.741. The molecule has 5 fully saturated rings. The molecule has 37 heavy (non-hydrogen) atoms. The van der Waals surface area contributed by atoms with Crippen LogP contribution in [0, 0.1) is 0 Å². The van der Waals surface area contributed by atoms with Gasteiger partial charge in [-0.25, -0.2) is 0 Å². The maximum absolute atomic E-state index is 14.1. The van der Waals surface area contributed by atoms with Crippen molar-refractivity contribution in [3.8, 4) is 17.2 Å². The number of carbonyl (C=O) groups is 1. The number of rotatable bonds is 14. The molecule has 0 aliphatic carbocycles. The maximum atomic E-state index is 14.1. The smallest absolute Gasteiger partial charge is 0.257 e. The summed E-state index contributed by atoms with van der Waals surface area (Å²) in [7, 11) is 0. The van der Waals surface area contributed by atoms with Gasteiger partial charge in [-0.15, -0.1) is 0 Å². The lowest BCUT2D eigenvalue weighted by molar-refractivity contribution is 0.0656. The Bertz CT molecular complexity index is 1050. The van der Waals surface area contributed by atoms with Gasteiger partial charge in [0.25, 0.3) is 5.91 Å². The third-order valence-corrected chi connectivity index (χ3v) is 7.41. The topological polar surface area (TPSA) is 111 Å². The van der Waals surface area contributed by atoms with E-state index in [1.807, 2.05) is 34.6 Å². The van der Waals surface area contributed by atoms with Gasteiger partial charge < -0.3 is 42.8 Å². The zero-order valence-electron chi connectivity index (χ0n) is 22.3. The maximum Gasteiger partial charge on any atom is 0.257 e. The van der Waals surface area contributed by atoms with Gasteiger partial charge in [0.2, 0.25) is 5.75 Å². The fourth-order valence-electron chi connectivity index (χ4n) is 4.01. The summed E-state index contributed by atoms with van der Waals surface area (Å²) in [6.07, 6.45) is 0. The van der Waals surface area contributed by atoms with Crippen LogP contribution in [0.3, 0.4) is 0 Å². The minimum absolute atomic E-state index is 0.173. The van der Waals surface area contributed by atoms with Crippen LogP contribution in [0.1, 0.15) is 45.0 Å². The standard InChI is InChI=1S/C27H37NO9/c1-23(13-33-23)8-28(9-24(2)14-34-24)22(29)18-6-7-19(30-10-25(3)15-35-25)21(32-12-27(5)17-37-27)20(18)31-11-26(4)16-36-26/h6-7H,8-17H2,1-5H3. The predicted octanol–water partition coefficient (Wildman–Crippen LogP) is 2.21. The Hall–Kier alpha value is -2.11. The quantitative estimate of drug-likeness (QED) is 0.342. The van der Waals surface area contributed by atoms with E-state index >= 15 is 0 Å². The molecule has 204 valence electrons. The Morgan fingerprint density at radius 3 is 1.51 bits per heavy atom. The van der Waals surface area contributed by atoms with Gasteiger partial charge in [-0.05, 0) is 46.8 Å². The van der Waals surface area contributed by atoms with E-state index in [9.17, 15) is 4.79 Å². The van der Waals surface area contributed by atoms with E-state index in [4.69, 9.17) is 37.9 Å². The fourth-order valence-corrected chi connectivity index (χ4v) is 4.01. The summed E-state index contributed by atoms with van der Waals surface area (Å²) in [5, 5.41) is 0. The van der Waals surface area contributed by atoms with Crippen molar-refractivity contribution in [2.75, 3.05) is 65.9 Å². The largest absolute Gasteiger partial charge is 0.486 e. The summed E-state index contributed by atoms with van der Waals surface area (Å²) in [6, 6.07) is 3.52. The molecule has 0 radical (unpaired) electrons. The van der Waals surface area contributed by atoms with Crippen LogP contribution in [0.4, 0.5) is 0 Å². The van der Waals surface area contributed by atoms with Crippen molar-refractivity contribution in [2.24, 2.45) is 0 Å². The molecule has 5 atom stereocenters. The lowest BCUT2D eigenvalue weighted by Gasteiger charge is -2.28. The van der Waals surface area contributed by atoms with Gasteiger partial charge in [0, 0.05) is 0 Å². The van der Waals surface area contributed by atoms with Crippen molar-refractivity contribution in [1.29, 1.82) is 0 Å². The van der Waals surface area contributed by atoms with Crippen molar-refractivity contribution in [3.63, 3.8) is 0 Å². The van der Waals surface area contributed by atoms with E-state index in [-0.39, 0.29) is 40.5 Å². The molecule has 10 heteroatoms. The number of hydrogen-bond acceptors (Lipinski definition) is 9. The van der Waals surface area contributed by atoms with Gasteiger partial charge in [-0.2, -0.15) is 0 Å². The summed E-state index contributed by atoms with van der Waals surface area (Å²) in [5.74, 6) is 1.06. The van der Waals surface area contributed by atoms with E-state index in [0.717, 1.165) is 0 Å². The van der Waals surface area contributed by atoms with Crippen molar-refractivity contribution in [3.05, 3.63) is 17.7 Å². The van der Waals surface area contributed by atoms with Crippen LogP contribution < -0.4 is 14.2 Å². The van der Waals surface area contributed by atoms with E-state index < -0.39 is 0 Å². The molecule has 1 aromatic rings. The summed E-state index contributed by atoms with van der Waals surface area (Å²) in [5.41, 5.74) is -1.37. The molecule has 5 heterocycles. The van der Waals surface area contributed by atoms with Gasteiger partial charge in [-0.3, -0.25) is 4.79 Å². The third kappa shape index (κ3) is 5.98. The first-order valence-electron chi connectivity index (χ1n) is 12.9. The molecule has 0 saturated carbocycles. The van der Waals surface area contributed by atoms with Crippen molar-refractivity contribution in [1.82, 2.24) is 4.90 Å². The Morgan fingerprint density at radius 2 is 1.08 bits per heavy atom. The highest BCUT2D eigenvalue weighted by atomic mass is 16.6. The highest BCUT2D eigenvalue weighted by Crippen LogP contribution is 2.45. The average Bonchev–Trinajstić information content (AvgIpc) is 3.60. The molecule has 10 nitrogen and oxygen atoms in total. The minimum Gasteiger partial charge on any atom is -0.486 e. The predicted molar refractivity (Wildman–Crippen MR) is 131 cm³/mol. The van der Waals surface area contributed by atoms with Gasteiger partial charge in [0.1, 0.15) is 47.8 Å². The van der Waals surface area contributed by atoms with Crippen LogP contribution in [0.5, 0.6) is 17.2 Å². The number of hydrogen-bond donors (Lipinski definition) is 0. The second kappa shape index (κ2) is 8.44. The molecule has 0 N–H and O–H groups in total. The molecule has 0 aromatic heterocycles. The van der Waals surface area contributed by atoms with Gasteiger partial charge in [-0.1, -0.05) is 0 Å². The van der Waals surface area contributed by atoms with Crippen LogP contribution in [-0.4, -0.2) is 105 Å². The molecule has 5 aliphatic rings. The molecule has 5 unspecified atom stereocenters. The van der Waals surface area contributed by atoms with Crippen LogP contribution >= 0.6 is 0 Å². The van der Waals surface area contributed by atoms with Crippen LogP contribution in [0.2, 0.25) is 0 Å². The highest BCUT2D eigenvalue weighted by Gasteiger charge is 2.48. The van der Waals surface area contributed by atoms with Crippen molar-refractivity contribution >= 4 is 5.91 Å². The number of carbonyl (C=O) groups excluding carboxylic acids is 1. The zero-order chi connectivity index (χ0) is 26.1. The SMILES string of the molecule is CC1(COc2ccc(C(=O)N(CC3(C)CO3)CC3(C)CO3)c(OCC3(C)CO3)c2OCC2(C)CO2)CO1. The molecule has 0 spiro atoms. The van der Waals surface area contributed by atoms with Crippen LogP contribution in [-0.2, 0) is 23.7 Å². The summed E-state index contributed by atoms with van der Waals surface area (Å²) in [4.78, 5) is 15.9. The van der Waals surface area contributed by atoms with Gasteiger partial charge >= 0.3 is 0 Å². The molecule has 0 bridgehead atoms. The second-order valence-electron chi connectivity index (χ2n) is 12.5. The number of amides is 1. The molecule has 5 aliphatic heterocycles. The Morgan fingerprint density at radius 1 is 0.676 bits per heavy atom. The number of epoxide rings is 5.